The zero-order valence-corrected chi connectivity index (χ0v) is 11.6. The lowest BCUT2D eigenvalue weighted by Crippen LogP contribution is -2.03. The number of anilines is 3. The van der Waals surface area contributed by atoms with Crippen molar-refractivity contribution < 1.29 is 4.39 Å². The van der Waals surface area contributed by atoms with Crippen molar-refractivity contribution in [1.29, 1.82) is 0 Å². The van der Waals surface area contributed by atoms with E-state index < -0.39 is 0 Å². The summed E-state index contributed by atoms with van der Waals surface area (Å²) in [6, 6.07) is 6.79. The SMILES string of the molecule is CNc1cc(Nc2ccc(F)c(C)c2)nc(C2CC2)n1. The summed E-state index contributed by atoms with van der Waals surface area (Å²) >= 11 is 0. The summed E-state index contributed by atoms with van der Waals surface area (Å²) in [6.45, 7) is 1.75. The molecule has 1 aliphatic rings. The predicted molar refractivity (Wildman–Crippen MR) is 78.0 cm³/mol. The molecule has 20 heavy (non-hydrogen) atoms. The second-order valence-corrected chi connectivity index (χ2v) is 5.11. The molecule has 0 radical (unpaired) electrons. The fourth-order valence-electron chi connectivity index (χ4n) is 2.05. The standard InChI is InChI=1S/C15H17FN4/c1-9-7-11(5-6-12(9)16)18-14-8-13(17-2)19-15(20-14)10-3-4-10/h5-8,10H,3-4H2,1-2H3,(H2,17,18,19,20). The van der Waals surface area contributed by atoms with E-state index in [1.165, 1.54) is 6.07 Å². The molecule has 3 rings (SSSR count). The van der Waals surface area contributed by atoms with E-state index in [4.69, 9.17) is 0 Å². The Morgan fingerprint density at radius 2 is 1.90 bits per heavy atom. The summed E-state index contributed by atoms with van der Waals surface area (Å²) < 4.78 is 13.3. The van der Waals surface area contributed by atoms with Crippen LogP contribution in [0.2, 0.25) is 0 Å². The molecule has 0 bridgehead atoms. The number of nitrogens with zero attached hydrogens (tertiary/aromatic N) is 2. The molecule has 2 aromatic rings. The molecular formula is C15H17FN4. The number of hydrogen-bond donors (Lipinski definition) is 2. The zero-order chi connectivity index (χ0) is 14.1. The molecule has 2 N–H and O–H groups in total. The largest absolute Gasteiger partial charge is 0.373 e. The maximum Gasteiger partial charge on any atom is 0.136 e. The van der Waals surface area contributed by atoms with Crippen molar-refractivity contribution in [2.24, 2.45) is 0 Å². The number of benzene rings is 1. The molecule has 0 spiro atoms. The Morgan fingerprint density at radius 1 is 1.15 bits per heavy atom. The van der Waals surface area contributed by atoms with Crippen LogP contribution in [0.5, 0.6) is 0 Å². The Balaban J connectivity index is 1.88. The summed E-state index contributed by atoms with van der Waals surface area (Å²) in [4.78, 5) is 9.00. The second-order valence-electron chi connectivity index (χ2n) is 5.11. The van der Waals surface area contributed by atoms with E-state index in [2.05, 4.69) is 20.6 Å². The normalized spacial score (nSPS) is 14.2. The van der Waals surface area contributed by atoms with E-state index in [0.717, 1.165) is 36.0 Å². The molecule has 1 aromatic heterocycles. The van der Waals surface area contributed by atoms with Crippen LogP contribution in [-0.4, -0.2) is 17.0 Å². The highest BCUT2D eigenvalue weighted by Crippen LogP contribution is 2.39. The van der Waals surface area contributed by atoms with E-state index in [1.54, 1.807) is 19.1 Å². The molecule has 0 amide bonds. The van der Waals surface area contributed by atoms with Gasteiger partial charge in [-0.3, -0.25) is 0 Å². The van der Waals surface area contributed by atoms with Crippen LogP contribution < -0.4 is 10.6 Å². The fourth-order valence-corrected chi connectivity index (χ4v) is 2.05. The first kappa shape index (κ1) is 12.8. The van der Waals surface area contributed by atoms with Gasteiger partial charge >= 0.3 is 0 Å². The molecule has 5 heteroatoms. The van der Waals surface area contributed by atoms with E-state index in [1.807, 2.05) is 13.1 Å². The topological polar surface area (TPSA) is 49.8 Å². The predicted octanol–water partition coefficient (Wildman–Crippen LogP) is 3.59. The van der Waals surface area contributed by atoms with Crippen LogP contribution in [0.1, 0.15) is 30.1 Å². The van der Waals surface area contributed by atoms with Crippen molar-refractivity contribution in [1.82, 2.24) is 9.97 Å². The summed E-state index contributed by atoms with van der Waals surface area (Å²) in [5.74, 6) is 2.69. The highest BCUT2D eigenvalue weighted by atomic mass is 19.1. The number of aryl methyl sites for hydroxylation is 1. The maximum absolute atomic E-state index is 13.3. The zero-order valence-electron chi connectivity index (χ0n) is 11.6. The average Bonchev–Trinajstić information content (AvgIpc) is 3.27. The first-order valence-electron chi connectivity index (χ1n) is 6.75. The van der Waals surface area contributed by atoms with Crippen molar-refractivity contribution in [2.45, 2.75) is 25.7 Å². The van der Waals surface area contributed by atoms with E-state index in [0.29, 0.717) is 11.5 Å². The summed E-state index contributed by atoms with van der Waals surface area (Å²) in [7, 11) is 1.84. The van der Waals surface area contributed by atoms with Crippen LogP contribution in [0.3, 0.4) is 0 Å². The first-order chi connectivity index (χ1) is 9.65. The lowest BCUT2D eigenvalue weighted by Gasteiger charge is -2.10. The van der Waals surface area contributed by atoms with E-state index in [9.17, 15) is 4.39 Å². The minimum absolute atomic E-state index is 0.201. The Bertz CT molecular complexity index is 638. The first-order valence-corrected chi connectivity index (χ1v) is 6.75. The van der Waals surface area contributed by atoms with E-state index >= 15 is 0 Å². The molecule has 4 nitrogen and oxygen atoms in total. The number of nitrogens with one attached hydrogen (secondary N) is 2. The smallest absolute Gasteiger partial charge is 0.136 e. The van der Waals surface area contributed by atoms with Crippen LogP contribution in [0, 0.1) is 12.7 Å². The van der Waals surface area contributed by atoms with Gasteiger partial charge in [0.05, 0.1) is 0 Å². The van der Waals surface area contributed by atoms with Gasteiger partial charge in [0.25, 0.3) is 0 Å². The average molecular weight is 272 g/mol. The van der Waals surface area contributed by atoms with Crippen LogP contribution in [-0.2, 0) is 0 Å². The second kappa shape index (κ2) is 5.07. The summed E-state index contributed by atoms with van der Waals surface area (Å²) in [6.07, 6.45) is 2.31. The molecule has 104 valence electrons. The Kier molecular flexibility index (Phi) is 3.26. The third-order valence-corrected chi connectivity index (χ3v) is 3.37. The maximum atomic E-state index is 13.3. The summed E-state index contributed by atoms with van der Waals surface area (Å²) in [5.41, 5.74) is 1.44. The van der Waals surface area contributed by atoms with Gasteiger partial charge in [0.15, 0.2) is 0 Å². The summed E-state index contributed by atoms with van der Waals surface area (Å²) in [5, 5.41) is 6.26. The fraction of sp³-hybridized carbons (Fsp3) is 0.333. The van der Waals surface area contributed by atoms with Gasteiger partial charge in [0.1, 0.15) is 23.3 Å². The van der Waals surface area contributed by atoms with Gasteiger partial charge in [-0.25, -0.2) is 14.4 Å². The van der Waals surface area contributed by atoms with Gasteiger partial charge in [-0.15, -0.1) is 0 Å². The minimum atomic E-state index is -0.201. The highest BCUT2D eigenvalue weighted by molar-refractivity contribution is 5.60. The van der Waals surface area contributed by atoms with Crippen molar-refractivity contribution in [3.63, 3.8) is 0 Å². The van der Waals surface area contributed by atoms with Gasteiger partial charge in [0, 0.05) is 24.7 Å². The van der Waals surface area contributed by atoms with Crippen LogP contribution in [0.25, 0.3) is 0 Å². The quantitative estimate of drug-likeness (QED) is 0.893. The Labute approximate surface area is 117 Å². The lowest BCUT2D eigenvalue weighted by atomic mass is 10.2. The number of aromatic nitrogens is 2. The van der Waals surface area contributed by atoms with Gasteiger partial charge in [-0.1, -0.05) is 0 Å². The van der Waals surface area contributed by atoms with Crippen molar-refractivity contribution >= 4 is 17.3 Å². The van der Waals surface area contributed by atoms with Crippen molar-refractivity contribution in [3.05, 3.63) is 41.5 Å². The lowest BCUT2D eigenvalue weighted by molar-refractivity contribution is 0.619. The van der Waals surface area contributed by atoms with Gasteiger partial charge < -0.3 is 10.6 Å². The molecule has 0 aliphatic heterocycles. The van der Waals surface area contributed by atoms with Gasteiger partial charge in [-0.2, -0.15) is 0 Å². The minimum Gasteiger partial charge on any atom is -0.373 e. The molecule has 0 saturated heterocycles. The molecular weight excluding hydrogens is 255 g/mol. The number of hydrogen-bond acceptors (Lipinski definition) is 4. The Hall–Kier alpha value is -2.17. The van der Waals surface area contributed by atoms with Crippen LogP contribution in [0.4, 0.5) is 21.7 Å². The number of halogens is 1. The monoisotopic (exact) mass is 272 g/mol. The van der Waals surface area contributed by atoms with E-state index in [-0.39, 0.29) is 5.82 Å². The molecule has 0 atom stereocenters. The third-order valence-electron chi connectivity index (χ3n) is 3.37. The molecule has 1 fully saturated rings. The molecule has 1 aromatic carbocycles. The van der Waals surface area contributed by atoms with Gasteiger partial charge in [-0.05, 0) is 43.5 Å². The molecule has 1 saturated carbocycles. The Morgan fingerprint density at radius 3 is 2.55 bits per heavy atom. The van der Waals surface area contributed by atoms with Crippen molar-refractivity contribution in [2.75, 3.05) is 17.7 Å². The van der Waals surface area contributed by atoms with Crippen LogP contribution >= 0.6 is 0 Å². The third kappa shape index (κ3) is 2.71. The van der Waals surface area contributed by atoms with Crippen molar-refractivity contribution in [3.8, 4) is 0 Å². The number of rotatable bonds is 4. The molecule has 0 unspecified atom stereocenters. The van der Waals surface area contributed by atoms with Crippen LogP contribution in [0.15, 0.2) is 24.3 Å². The molecule has 1 heterocycles. The highest BCUT2D eigenvalue weighted by Gasteiger charge is 2.27. The van der Waals surface area contributed by atoms with Gasteiger partial charge in [0.2, 0.25) is 0 Å². The molecule has 1 aliphatic carbocycles.